The number of carbonyl (C=O) groups excluding carboxylic acids is 1. The number of hydrogen-bond acceptors (Lipinski definition) is 5. The fraction of sp³-hybridized carbons (Fsp3) is 0.350. The standard InChI is InChI=1S/C20H24N2O4S2/c1-14-16-10-12-27-18(16)9-11-22(14)20(23)8-6-15-5-7-17(26-4)19(13-15)28(24,25)21(2)3/h5-8,10,12-14H,9,11H2,1-4H3/b8-6+/t14-/m1/s1. The van der Waals surface area contributed by atoms with Crippen molar-refractivity contribution < 1.29 is 17.9 Å². The molecule has 1 aromatic carbocycles. The molecule has 1 aliphatic rings. The monoisotopic (exact) mass is 420 g/mol. The minimum atomic E-state index is -3.66. The van der Waals surface area contributed by atoms with Gasteiger partial charge in [0.05, 0.1) is 13.2 Å². The van der Waals surface area contributed by atoms with E-state index in [-0.39, 0.29) is 22.6 Å². The van der Waals surface area contributed by atoms with Crippen molar-refractivity contribution in [2.24, 2.45) is 0 Å². The van der Waals surface area contributed by atoms with Crippen molar-refractivity contribution in [2.75, 3.05) is 27.7 Å². The molecule has 0 fully saturated rings. The van der Waals surface area contributed by atoms with E-state index in [4.69, 9.17) is 4.74 Å². The number of carbonyl (C=O) groups is 1. The van der Waals surface area contributed by atoms with Gasteiger partial charge in [-0.15, -0.1) is 11.3 Å². The van der Waals surface area contributed by atoms with E-state index in [1.54, 1.807) is 29.5 Å². The van der Waals surface area contributed by atoms with Gasteiger partial charge in [0.1, 0.15) is 10.6 Å². The fourth-order valence-electron chi connectivity index (χ4n) is 3.27. The van der Waals surface area contributed by atoms with Crippen LogP contribution in [0.3, 0.4) is 0 Å². The number of nitrogens with zero attached hydrogens (tertiary/aromatic N) is 2. The van der Waals surface area contributed by atoms with Gasteiger partial charge in [-0.3, -0.25) is 4.79 Å². The summed E-state index contributed by atoms with van der Waals surface area (Å²) in [6, 6.07) is 6.97. The zero-order valence-corrected chi connectivity index (χ0v) is 18.0. The third-order valence-corrected chi connectivity index (χ3v) is 7.76. The van der Waals surface area contributed by atoms with Gasteiger partial charge in [-0.25, -0.2) is 12.7 Å². The van der Waals surface area contributed by atoms with Gasteiger partial charge in [0.15, 0.2) is 0 Å². The second-order valence-electron chi connectivity index (χ2n) is 6.79. The molecule has 0 saturated heterocycles. The Balaban J connectivity index is 1.84. The summed E-state index contributed by atoms with van der Waals surface area (Å²) >= 11 is 1.73. The van der Waals surface area contributed by atoms with Crippen molar-refractivity contribution in [1.29, 1.82) is 0 Å². The number of hydrogen-bond donors (Lipinski definition) is 0. The number of sulfonamides is 1. The second kappa shape index (κ2) is 8.06. The van der Waals surface area contributed by atoms with E-state index >= 15 is 0 Å². The van der Waals surface area contributed by atoms with Crippen LogP contribution in [-0.2, 0) is 21.2 Å². The Labute approximate surface area is 170 Å². The summed E-state index contributed by atoms with van der Waals surface area (Å²) in [4.78, 5) is 16.0. The first-order valence-corrected chi connectivity index (χ1v) is 11.2. The van der Waals surface area contributed by atoms with Crippen molar-refractivity contribution in [3.63, 3.8) is 0 Å². The Bertz CT molecular complexity index is 1010. The Kier molecular flexibility index (Phi) is 5.92. The van der Waals surface area contributed by atoms with Gasteiger partial charge in [-0.2, -0.15) is 0 Å². The van der Waals surface area contributed by atoms with Crippen molar-refractivity contribution in [3.05, 3.63) is 51.7 Å². The topological polar surface area (TPSA) is 66.9 Å². The molecule has 0 aliphatic carbocycles. The van der Waals surface area contributed by atoms with Crippen LogP contribution in [0.2, 0.25) is 0 Å². The largest absolute Gasteiger partial charge is 0.495 e. The van der Waals surface area contributed by atoms with Crippen LogP contribution < -0.4 is 4.74 Å². The maximum atomic E-state index is 12.7. The lowest BCUT2D eigenvalue weighted by atomic mass is 10.0. The average Bonchev–Trinajstić information content (AvgIpc) is 3.15. The van der Waals surface area contributed by atoms with Crippen LogP contribution in [0.15, 0.2) is 40.6 Å². The van der Waals surface area contributed by atoms with E-state index in [2.05, 4.69) is 11.4 Å². The molecule has 0 unspecified atom stereocenters. The predicted molar refractivity (Wildman–Crippen MR) is 111 cm³/mol. The molecule has 28 heavy (non-hydrogen) atoms. The summed E-state index contributed by atoms with van der Waals surface area (Å²) in [5.74, 6) is 0.184. The molecule has 6 nitrogen and oxygen atoms in total. The molecular formula is C20H24N2O4S2. The van der Waals surface area contributed by atoms with E-state index in [0.717, 1.165) is 10.7 Å². The molecule has 0 saturated carbocycles. The smallest absolute Gasteiger partial charge is 0.247 e. The molecule has 0 spiro atoms. The Morgan fingerprint density at radius 2 is 2.07 bits per heavy atom. The van der Waals surface area contributed by atoms with E-state index in [0.29, 0.717) is 12.1 Å². The van der Waals surface area contributed by atoms with Gasteiger partial charge in [-0.05, 0) is 54.1 Å². The molecule has 150 valence electrons. The maximum absolute atomic E-state index is 12.7. The molecule has 1 amide bonds. The van der Waals surface area contributed by atoms with Crippen LogP contribution in [0.25, 0.3) is 6.08 Å². The SMILES string of the molecule is COc1ccc(/C=C/C(=O)N2CCc3sccc3[C@H]2C)cc1S(=O)(=O)N(C)C. The summed E-state index contributed by atoms with van der Waals surface area (Å²) in [6.07, 6.45) is 4.01. The molecule has 0 bridgehead atoms. The first-order chi connectivity index (χ1) is 13.3. The van der Waals surface area contributed by atoms with Gasteiger partial charge < -0.3 is 9.64 Å². The van der Waals surface area contributed by atoms with Crippen molar-refractivity contribution >= 4 is 33.3 Å². The summed E-state index contributed by atoms with van der Waals surface area (Å²) in [5, 5.41) is 2.06. The maximum Gasteiger partial charge on any atom is 0.247 e. The summed E-state index contributed by atoms with van der Waals surface area (Å²) in [5.41, 5.74) is 1.83. The normalized spacial score (nSPS) is 17.2. The van der Waals surface area contributed by atoms with Gasteiger partial charge in [-0.1, -0.05) is 6.07 Å². The Morgan fingerprint density at radius 3 is 2.75 bits per heavy atom. The lowest BCUT2D eigenvalue weighted by Crippen LogP contribution is -2.37. The third kappa shape index (κ3) is 3.85. The zero-order valence-electron chi connectivity index (χ0n) is 16.4. The van der Waals surface area contributed by atoms with Crippen LogP contribution in [0.1, 0.15) is 29.0 Å². The minimum absolute atomic E-state index is 0.0349. The minimum Gasteiger partial charge on any atom is -0.495 e. The highest BCUT2D eigenvalue weighted by molar-refractivity contribution is 7.89. The Hall–Kier alpha value is -2.16. The van der Waals surface area contributed by atoms with Gasteiger partial charge in [0.25, 0.3) is 0 Å². The fourth-order valence-corrected chi connectivity index (χ4v) is 5.32. The van der Waals surface area contributed by atoms with Crippen molar-refractivity contribution in [3.8, 4) is 5.75 Å². The second-order valence-corrected chi connectivity index (χ2v) is 9.91. The molecule has 2 aromatic rings. The quantitative estimate of drug-likeness (QED) is 0.697. The third-order valence-electron chi connectivity index (χ3n) is 4.92. The highest BCUT2D eigenvalue weighted by atomic mass is 32.2. The van der Waals surface area contributed by atoms with Gasteiger partial charge in [0.2, 0.25) is 15.9 Å². The first-order valence-electron chi connectivity index (χ1n) is 8.91. The summed E-state index contributed by atoms with van der Waals surface area (Å²) < 4.78 is 31.4. The number of fused-ring (bicyclic) bond motifs is 1. The Morgan fingerprint density at radius 1 is 1.32 bits per heavy atom. The van der Waals surface area contributed by atoms with Crippen LogP contribution in [-0.4, -0.2) is 51.3 Å². The van der Waals surface area contributed by atoms with Crippen LogP contribution >= 0.6 is 11.3 Å². The number of amides is 1. The van der Waals surface area contributed by atoms with Crippen LogP contribution in [0.5, 0.6) is 5.75 Å². The van der Waals surface area contributed by atoms with Crippen LogP contribution in [0.4, 0.5) is 0 Å². The molecule has 1 aliphatic heterocycles. The number of thiophene rings is 1. The van der Waals surface area contributed by atoms with E-state index in [1.807, 2.05) is 11.8 Å². The molecule has 0 N–H and O–H groups in total. The molecule has 8 heteroatoms. The van der Waals surface area contributed by atoms with Gasteiger partial charge >= 0.3 is 0 Å². The number of methoxy groups -OCH3 is 1. The average molecular weight is 421 g/mol. The highest BCUT2D eigenvalue weighted by Gasteiger charge is 2.27. The number of benzene rings is 1. The first kappa shape index (κ1) is 20.6. The van der Waals surface area contributed by atoms with Gasteiger partial charge in [0, 0.05) is 31.6 Å². The van der Waals surface area contributed by atoms with E-state index in [9.17, 15) is 13.2 Å². The molecular weight excluding hydrogens is 396 g/mol. The lowest BCUT2D eigenvalue weighted by molar-refractivity contribution is -0.128. The summed E-state index contributed by atoms with van der Waals surface area (Å²) in [6.45, 7) is 2.71. The lowest BCUT2D eigenvalue weighted by Gasteiger charge is -2.32. The molecule has 3 rings (SSSR count). The molecule has 2 heterocycles. The molecule has 1 atom stereocenters. The molecule has 1 aromatic heterocycles. The predicted octanol–water partition coefficient (Wildman–Crippen LogP) is 3.17. The summed E-state index contributed by atoms with van der Waals surface area (Å²) in [7, 11) is 0.712. The number of rotatable bonds is 5. The number of ether oxygens (including phenoxy) is 1. The van der Waals surface area contributed by atoms with E-state index < -0.39 is 10.0 Å². The van der Waals surface area contributed by atoms with Crippen LogP contribution in [0, 0.1) is 0 Å². The van der Waals surface area contributed by atoms with Crippen molar-refractivity contribution in [2.45, 2.75) is 24.3 Å². The molecule has 0 radical (unpaired) electrons. The van der Waals surface area contributed by atoms with Crippen molar-refractivity contribution in [1.82, 2.24) is 9.21 Å². The zero-order chi connectivity index (χ0) is 20.5. The highest BCUT2D eigenvalue weighted by Crippen LogP contribution is 2.33. The van der Waals surface area contributed by atoms with E-state index in [1.165, 1.54) is 43.8 Å².